The molecule has 5 heteroatoms. The second kappa shape index (κ2) is 4.06. The van der Waals surface area contributed by atoms with E-state index in [0.29, 0.717) is 12.4 Å². The Morgan fingerprint density at radius 3 is 3.20 bits per heavy atom. The first kappa shape index (κ1) is 10.2. The molecular formula is C10H10ClNO3. The Kier molecular flexibility index (Phi) is 2.77. The highest BCUT2D eigenvalue weighted by Crippen LogP contribution is 2.31. The van der Waals surface area contributed by atoms with Crippen LogP contribution in [0.3, 0.4) is 0 Å². The van der Waals surface area contributed by atoms with E-state index in [9.17, 15) is 4.79 Å². The van der Waals surface area contributed by atoms with Gasteiger partial charge in [0.05, 0.1) is 13.7 Å². The molecule has 80 valence electrons. The van der Waals surface area contributed by atoms with E-state index in [1.165, 1.54) is 7.11 Å². The zero-order chi connectivity index (χ0) is 10.8. The van der Waals surface area contributed by atoms with Gasteiger partial charge in [-0.1, -0.05) is 11.6 Å². The second-order valence-electron chi connectivity index (χ2n) is 3.23. The molecule has 15 heavy (non-hydrogen) atoms. The quantitative estimate of drug-likeness (QED) is 0.543. The minimum absolute atomic E-state index is 0.228. The molecule has 0 aromatic carbocycles. The Morgan fingerprint density at radius 1 is 1.67 bits per heavy atom. The molecule has 0 bridgehead atoms. The normalized spacial score (nSPS) is 14.0. The number of aromatic nitrogens is 1. The van der Waals surface area contributed by atoms with Crippen LogP contribution in [-0.2, 0) is 11.2 Å². The molecule has 0 aliphatic carbocycles. The molecule has 0 spiro atoms. The number of carbonyl (C=O) groups excluding carboxylic acids is 1. The molecule has 0 radical (unpaired) electrons. The van der Waals surface area contributed by atoms with Gasteiger partial charge < -0.3 is 9.47 Å². The summed E-state index contributed by atoms with van der Waals surface area (Å²) in [5.74, 6) is 0.112. The van der Waals surface area contributed by atoms with Gasteiger partial charge in [-0.2, -0.15) is 0 Å². The van der Waals surface area contributed by atoms with Crippen molar-refractivity contribution >= 4 is 17.6 Å². The van der Waals surface area contributed by atoms with E-state index >= 15 is 0 Å². The highest BCUT2D eigenvalue weighted by molar-refractivity contribution is 6.31. The van der Waals surface area contributed by atoms with Gasteiger partial charge in [0.15, 0.2) is 16.6 Å². The molecule has 1 aliphatic rings. The largest absolute Gasteiger partial charge is 0.490 e. The standard InChI is InChI=1S/C10H10ClNO3/c1-14-10(13)7-5-6-3-2-4-15-8(6)9(11)12-7/h5H,2-4H2,1H3. The SMILES string of the molecule is COC(=O)c1cc2c(c(Cl)n1)OCCC2. The number of methoxy groups -OCH3 is 1. The smallest absolute Gasteiger partial charge is 0.356 e. The van der Waals surface area contributed by atoms with Crippen molar-refractivity contribution in [3.05, 3.63) is 22.5 Å². The molecule has 1 aliphatic heterocycles. The maximum absolute atomic E-state index is 11.3. The number of esters is 1. The van der Waals surface area contributed by atoms with Crippen LogP contribution in [0.2, 0.25) is 5.15 Å². The summed E-state index contributed by atoms with van der Waals surface area (Å²) >= 11 is 5.90. The lowest BCUT2D eigenvalue weighted by Gasteiger charge is -2.18. The van der Waals surface area contributed by atoms with Crippen LogP contribution in [0, 0.1) is 0 Å². The molecular weight excluding hydrogens is 218 g/mol. The molecule has 0 saturated heterocycles. The van der Waals surface area contributed by atoms with Crippen LogP contribution in [0.4, 0.5) is 0 Å². The zero-order valence-corrected chi connectivity index (χ0v) is 9.00. The van der Waals surface area contributed by atoms with E-state index in [0.717, 1.165) is 18.4 Å². The van der Waals surface area contributed by atoms with Crippen molar-refractivity contribution in [2.75, 3.05) is 13.7 Å². The fourth-order valence-electron chi connectivity index (χ4n) is 1.54. The van der Waals surface area contributed by atoms with E-state index in [4.69, 9.17) is 16.3 Å². The van der Waals surface area contributed by atoms with Gasteiger partial charge in [0, 0.05) is 0 Å². The van der Waals surface area contributed by atoms with Crippen molar-refractivity contribution in [1.82, 2.24) is 4.98 Å². The Balaban J connectivity index is 2.45. The molecule has 0 amide bonds. The average Bonchev–Trinajstić information content (AvgIpc) is 2.28. The summed E-state index contributed by atoms with van der Waals surface area (Å²) in [6.45, 7) is 0.645. The van der Waals surface area contributed by atoms with Crippen molar-refractivity contribution in [3.8, 4) is 5.75 Å². The number of hydrogen-bond acceptors (Lipinski definition) is 4. The maximum Gasteiger partial charge on any atom is 0.356 e. The molecule has 1 aromatic heterocycles. The summed E-state index contributed by atoms with van der Waals surface area (Å²) in [5.41, 5.74) is 1.15. The molecule has 0 atom stereocenters. The number of nitrogens with zero attached hydrogens (tertiary/aromatic N) is 1. The van der Waals surface area contributed by atoms with Gasteiger partial charge in [0.2, 0.25) is 0 Å². The van der Waals surface area contributed by atoms with Crippen LogP contribution >= 0.6 is 11.6 Å². The first-order valence-corrected chi connectivity index (χ1v) is 5.00. The summed E-state index contributed by atoms with van der Waals surface area (Å²) in [6, 6.07) is 1.67. The number of aryl methyl sites for hydroxylation is 1. The predicted molar refractivity (Wildman–Crippen MR) is 54.4 cm³/mol. The maximum atomic E-state index is 11.3. The zero-order valence-electron chi connectivity index (χ0n) is 8.25. The minimum Gasteiger partial charge on any atom is -0.490 e. The van der Waals surface area contributed by atoms with Gasteiger partial charge in [-0.15, -0.1) is 0 Å². The van der Waals surface area contributed by atoms with Crippen molar-refractivity contribution in [3.63, 3.8) is 0 Å². The Morgan fingerprint density at radius 2 is 2.47 bits per heavy atom. The molecule has 0 fully saturated rings. The number of ether oxygens (including phenoxy) is 2. The highest BCUT2D eigenvalue weighted by atomic mass is 35.5. The van der Waals surface area contributed by atoms with Crippen LogP contribution in [0.15, 0.2) is 6.07 Å². The Hall–Kier alpha value is -1.29. The number of fused-ring (bicyclic) bond motifs is 1. The average molecular weight is 228 g/mol. The third-order valence-corrected chi connectivity index (χ3v) is 2.50. The molecule has 0 saturated carbocycles. The number of pyridine rings is 1. The lowest BCUT2D eigenvalue weighted by atomic mass is 10.1. The lowest BCUT2D eigenvalue weighted by Crippen LogP contribution is -2.12. The van der Waals surface area contributed by atoms with Gasteiger partial charge in [-0.3, -0.25) is 0 Å². The van der Waals surface area contributed by atoms with Gasteiger partial charge in [0.25, 0.3) is 0 Å². The predicted octanol–water partition coefficient (Wildman–Crippen LogP) is 1.85. The lowest BCUT2D eigenvalue weighted by molar-refractivity contribution is 0.0593. The molecule has 1 aromatic rings. The summed E-state index contributed by atoms with van der Waals surface area (Å²) < 4.78 is 9.96. The number of carbonyl (C=O) groups is 1. The molecule has 4 nitrogen and oxygen atoms in total. The topological polar surface area (TPSA) is 48.4 Å². The van der Waals surface area contributed by atoms with Gasteiger partial charge in [-0.25, -0.2) is 9.78 Å². The molecule has 2 heterocycles. The van der Waals surface area contributed by atoms with Crippen LogP contribution in [-0.4, -0.2) is 24.7 Å². The minimum atomic E-state index is -0.481. The summed E-state index contributed by atoms with van der Waals surface area (Å²) in [7, 11) is 1.31. The van der Waals surface area contributed by atoms with E-state index < -0.39 is 5.97 Å². The fourth-order valence-corrected chi connectivity index (χ4v) is 1.80. The van der Waals surface area contributed by atoms with Crippen LogP contribution in [0.5, 0.6) is 5.75 Å². The van der Waals surface area contributed by atoms with Gasteiger partial charge in [-0.05, 0) is 24.5 Å². The Labute approximate surface area is 92.2 Å². The Bertz CT molecular complexity index is 406. The van der Waals surface area contributed by atoms with Crippen LogP contribution in [0.1, 0.15) is 22.5 Å². The van der Waals surface area contributed by atoms with Crippen LogP contribution in [0.25, 0.3) is 0 Å². The fraction of sp³-hybridized carbons (Fsp3) is 0.400. The van der Waals surface area contributed by atoms with Crippen LogP contribution < -0.4 is 4.74 Å². The monoisotopic (exact) mass is 227 g/mol. The number of halogens is 1. The molecule has 2 rings (SSSR count). The van der Waals surface area contributed by atoms with E-state index in [1.807, 2.05) is 0 Å². The first-order chi connectivity index (χ1) is 7.22. The number of hydrogen-bond donors (Lipinski definition) is 0. The van der Waals surface area contributed by atoms with E-state index in [1.54, 1.807) is 6.07 Å². The van der Waals surface area contributed by atoms with Crippen molar-refractivity contribution in [2.24, 2.45) is 0 Å². The molecule has 0 N–H and O–H groups in total. The molecule has 0 unspecified atom stereocenters. The van der Waals surface area contributed by atoms with Gasteiger partial charge in [0.1, 0.15) is 0 Å². The van der Waals surface area contributed by atoms with E-state index in [2.05, 4.69) is 9.72 Å². The summed E-state index contributed by atoms with van der Waals surface area (Å²) in [6.07, 6.45) is 1.77. The van der Waals surface area contributed by atoms with Gasteiger partial charge >= 0.3 is 5.97 Å². The third-order valence-electron chi connectivity index (χ3n) is 2.24. The highest BCUT2D eigenvalue weighted by Gasteiger charge is 2.19. The van der Waals surface area contributed by atoms with Crippen molar-refractivity contribution in [2.45, 2.75) is 12.8 Å². The second-order valence-corrected chi connectivity index (χ2v) is 3.59. The first-order valence-electron chi connectivity index (χ1n) is 4.63. The summed E-state index contributed by atoms with van der Waals surface area (Å²) in [5, 5.41) is 0.229. The van der Waals surface area contributed by atoms with Crippen molar-refractivity contribution < 1.29 is 14.3 Å². The summed E-state index contributed by atoms with van der Waals surface area (Å²) in [4.78, 5) is 15.2. The number of rotatable bonds is 1. The van der Waals surface area contributed by atoms with Crippen molar-refractivity contribution in [1.29, 1.82) is 0 Å². The third kappa shape index (κ3) is 1.90. The van der Waals surface area contributed by atoms with E-state index in [-0.39, 0.29) is 10.8 Å².